The van der Waals surface area contributed by atoms with Gasteiger partial charge >= 0.3 is 6.01 Å². The highest BCUT2D eigenvalue weighted by Crippen LogP contribution is 2.40. The zero-order valence-corrected chi connectivity index (χ0v) is 19.0. The van der Waals surface area contributed by atoms with Gasteiger partial charge in [-0.2, -0.15) is 9.97 Å². The molecule has 0 radical (unpaired) electrons. The Morgan fingerprint density at radius 2 is 1.91 bits per heavy atom. The molecule has 2 unspecified atom stereocenters. The van der Waals surface area contributed by atoms with Crippen LogP contribution in [-0.2, 0) is 0 Å². The molecule has 2 atom stereocenters. The molecule has 0 spiro atoms. The molecule has 4 heterocycles. The van der Waals surface area contributed by atoms with E-state index in [1.54, 1.807) is 18.2 Å². The van der Waals surface area contributed by atoms with Crippen LogP contribution in [0.25, 0.3) is 32.9 Å². The number of halogens is 2. The summed E-state index contributed by atoms with van der Waals surface area (Å²) >= 11 is 0. The van der Waals surface area contributed by atoms with Crippen LogP contribution in [0.15, 0.2) is 30.3 Å². The summed E-state index contributed by atoms with van der Waals surface area (Å²) in [4.78, 5) is 15.1. The number of rotatable bonds is 3. The van der Waals surface area contributed by atoms with Gasteiger partial charge in [0.2, 0.25) is 0 Å². The minimum absolute atomic E-state index is 0.0123. The van der Waals surface area contributed by atoms with Crippen molar-refractivity contribution in [1.82, 2.24) is 20.3 Å². The van der Waals surface area contributed by atoms with Gasteiger partial charge in [0, 0.05) is 47.1 Å². The molecule has 2 bridgehead atoms. The van der Waals surface area contributed by atoms with Gasteiger partial charge in [-0.3, -0.25) is 0 Å². The third-order valence-corrected chi connectivity index (χ3v) is 6.82. The first-order valence-corrected chi connectivity index (χ1v) is 11.4. The van der Waals surface area contributed by atoms with Gasteiger partial charge in [-0.1, -0.05) is 12.0 Å². The summed E-state index contributed by atoms with van der Waals surface area (Å²) in [7, 11) is 1.42. The van der Waals surface area contributed by atoms with Crippen molar-refractivity contribution in [2.75, 3.05) is 30.8 Å². The zero-order valence-electron chi connectivity index (χ0n) is 19.0. The van der Waals surface area contributed by atoms with Gasteiger partial charge in [0.1, 0.15) is 23.0 Å². The Morgan fingerprint density at radius 1 is 1.14 bits per heavy atom. The third-order valence-electron chi connectivity index (χ3n) is 6.82. The first-order chi connectivity index (χ1) is 17.0. The van der Waals surface area contributed by atoms with Crippen molar-refractivity contribution in [3.05, 3.63) is 47.5 Å². The molecule has 0 amide bonds. The van der Waals surface area contributed by atoms with Crippen molar-refractivity contribution in [2.24, 2.45) is 0 Å². The highest BCUT2D eigenvalue weighted by molar-refractivity contribution is 6.03. The fourth-order valence-electron chi connectivity index (χ4n) is 5.33. The molecule has 2 aliphatic rings. The zero-order chi connectivity index (χ0) is 24.3. The van der Waals surface area contributed by atoms with Crippen molar-refractivity contribution >= 4 is 33.4 Å². The number of nitrogen functional groups attached to an aromatic ring is 1. The molecule has 2 aromatic heterocycles. The second-order valence-corrected chi connectivity index (χ2v) is 8.96. The lowest BCUT2D eigenvalue weighted by Crippen LogP contribution is -2.51. The van der Waals surface area contributed by atoms with Crippen LogP contribution in [0.4, 0.5) is 20.4 Å². The van der Waals surface area contributed by atoms with Gasteiger partial charge in [-0.25, -0.2) is 13.8 Å². The number of nitrogens with zero attached hydrogens (tertiary/aromatic N) is 4. The van der Waals surface area contributed by atoms with Crippen LogP contribution < -0.4 is 20.7 Å². The lowest BCUT2D eigenvalue weighted by Gasteiger charge is -2.34. The topological polar surface area (TPSA) is 89.2 Å². The number of ether oxygens (including phenoxy) is 1. The van der Waals surface area contributed by atoms with E-state index < -0.39 is 11.6 Å². The van der Waals surface area contributed by atoms with Crippen LogP contribution in [-0.4, -0.2) is 47.2 Å². The summed E-state index contributed by atoms with van der Waals surface area (Å²) in [6, 6.07) is 8.48. The van der Waals surface area contributed by atoms with Crippen molar-refractivity contribution < 1.29 is 13.5 Å². The number of piperazine rings is 1. The van der Waals surface area contributed by atoms with Crippen LogP contribution in [0.2, 0.25) is 0 Å². The van der Waals surface area contributed by atoms with Crippen LogP contribution in [0.3, 0.4) is 0 Å². The summed E-state index contributed by atoms with van der Waals surface area (Å²) in [5.74, 6) is 1.56. The van der Waals surface area contributed by atoms with Gasteiger partial charge in [0.05, 0.1) is 18.2 Å². The van der Waals surface area contributed by atoms with Gasteiger partial charge in [0.15, 0.2) is 5.82 Å². The maximum atomic E-state index is 16.2. The predicted octanol–water partition coefficient (Wildman–Crippen LogP) is 3.64. The molecule has 2 aliphatic heterocycles. The Bertz CT molecular complexity index is 1540. The SMILES string of the molecule is C#Cc1cccc2nc(N)cc(-c3c(F)cc4c(N5CC6CCC(C5)N6)nc(OC)nc4c3F)c12. The number of hydrogen-bond donors (Lipinski definition) is 2. The molecule has 0 saturated carbocycles. The summed E-state index contributed by atoms with van der Waals surface area (Å²) in [5.41, 5.74) is 6.83. The number of aromatic nitrogens is 3. The number of anilines is 2. The molecule has 3 N–H and O–H groups in total. The monoisotopic (exact) mass is 472 g/mol. The van der Waals surface area contributed by atoms with E-state index >= 15 is 8.78 Å². The number of benzene rings is 2. The summed E-state index contributed by atoms with van der Waals surface area (Å²) < 4.78 is 37.3. The van der Waals surface area contributed by atoms with Gasteiger partial charge in [-0.15, -0.1) is 6.42 Å². The average Bonchev–Trinajstić information content (AvgIpc) is 3.20. The molecule has 0 aliphatic carbocycles. The minimum Gasteiger partial charge on any atom is -0.467 e. The number of fused-ring (bicyclic) bond motifs is 4. The van der Waals surface area contributed by atoms with Crippen LogP contribution >= 0.6 is 0 Å². The molecular formula is C26H22F2N6O. The molecule has 2 aromatic carbocycles. The molecule has 6 rings (SSSR count). The van der Waals surface area contributed by atoms with Crippen molar-refractivity contribution in [1.29, 1.82) is 0 Å². The molecule has 9 heteroatoms. The van der Waals surface area contributed by atoms with Crippen LogP contribution in [0.5, 0.6) is 6.01 Å². The van der Waals surface area contributed by atoms with E-state index in [1.807, 2.05) is 0 Å². The Balaban J connectivity index is 1.63. The molecule has 4 aromatic rings. The Hall–Kier alpha value is -4.03. The maximum Gasteiger partial charge on any atom is 0.318 e. The molecule has 2 saturated heterocycles. The Morgan fingerprint density at radius 3 is 2.63 bits per heavy atom. The number of hydrogen-bond acceptors (Lipinski definition) is 7. The van der Waals surface area contributed by atoms with Crippen LogP contribution in [0.1, 0.15) is 18.4 Å². The summed E-state index contributed by atoms with van der Waals surface area (Å²) in [6.45, 7) is 1.38. The first-order valence-electron chi connectivity index (χ1n) is 11.4. The Labute approximate surface area is 200 Å². The average molecular weight is 472 g/mol. The molecule has 35 heavy (non-hydrogen) atoms. The highest BCUT2D eigenvalue weighted by atomic mass is 19.1. The summed E-state index contributed by atoms with van der Waals surface area (Å²) in [6.07, 6.45) is 7.81. The number of terminal acetylenes is 1. The van der Waals surface area contributed by atoms with E-state index in [-0.39, 0.29) is 33.9 Å². The van der Waals surface area contributed by atoms with Crippen molar-refractivity contribution in [2.45, 2.75) is 24.9 Å². The van der Waals surface area contributed by atoms with E-state index in [4.69, 9.17) is 16.9 Å². The summed E-state index contributed by atoms with van der Waals surface area (Å²) in [5, 5.41) is 4.29. The van der Waals surface area contributed by atoms with Crippen LogP contribution in [0, 0.1) is 24.0 Å². The predicted molar refractivity (Wildman–Crippen MR) is 131 cm³/mol. The van der Waals surface area contributed by atoms with Gasteiger partial charge in [0.25, 0.3) is 0 Å². The van der Waals surface area contributed by atoms with E-state index in [1.165, 1.54) is 19.2 Å². The molecule has 7 nitrogen and oxygen atoms in total. The normalized spacial score (nSPS) is 19.3. The second kappa shape index (κ2) is 8.03. The second-order valence-electron chi connectivity index (χ2n) is 8.96. The third kappa shape index (κ3) is 3.41. The van der Waals surface area contributed by atoms with E-state index in [0.29, 0.717) is 47.5 Å². The van der Waals surface area contributed by atoms with Crippen molar-refractivity contribution in [3.8, 4) is 29.5 Å². The first kappa shape index (κ1) is 21.5. The lowest BCUT2D eigenvalue weighted by atomic mass is 9.95. The highest BCUT2D eigenvalue weighted by Gasteiger charge is 2.34. The number of methoxy groups -OCH3 is 1. The molecular weight excluding hydrogens is 450 g/mol. The fourth-order valence-corrected chi connectivity index (χ4v) is 5.33. The van der Waals surface area contributed by atoms with E-state index in [9.17, 15) is 0 Å². The minimum atomic E-state index is -0.834. The van der Waals surface area contributed by atoms with E-state index in [0.717, 1.165) is 12.8 Å². The number of nitrogens with two attached hydrogens (primary N) is 1. The standard InChI is InChI=1S/C26H22F2N6O/c1-3-13-5-4-6-19-21(13)16(10-20(29)31-19)22-18(27)9-17-24(23(22)28)32-26(35-2)33-25(17)34-11-14-7-8-15(12-34)30-14/h1,4-6,9-10,14-15,30H,7-8,11-12H2,2H3,(H2,29,31). The molecule has 2 fully saturated rings. The van der Waals surface area contributed by atoms with Crippen molar-refractivity contribution in [3.63, 3.8) is 0 Å². The largest absolute Gasteiger partial charge is 0.467 e. The maximum absolute atomic E-state index is 16.2. The van der Waals surface area contributed by atoms with Gasteiger partial charge < -0.3 is 20.7 Å². The quantitative estimate of drug-likeness (QED) is 0.440. The van der Waals surface area contributed by atoms with Gasteiger partial charge in [-0.05, 0) is 37.1 Å². The lowest BCUT2D eigenvalue weighted by molar-refractivity contribution is 0.380. The smallest absolute Gasteiger partial charge is 0.318 e. The Kier molecular flexibility index (Phi) is 4.93. The molecule has 176 valence electrons. The van der Waals surface area contributed by atoms with E-state index in [2.05, 4.69) is 31.1 Å². The fraction of sp³-hybridized carbons (Fsp3) is 0.269. The number of pyridine rings is 1. The number of nitrogens with one attached hydrogen (secondary N) is 1.